The molecular weight excluding hydrogens is 268 g/mol. The lowest BCUT2D eigenvalue weighted by Crippen LogP contribution is -1.97. The highest BCUT2D eigenvalue weighted by atomic mass is 35.5. The first-order valence-electron chi connectivity index (χ1n) is 4.47. The molecule has 88 valence electrons. The minimum absolute atomic E-state index is 0.00559. The molecule has 1 aromatic carbocycles. The molecule has 2 N–H and O–H groups in total. The molecule has 0 radical (unpaired) electrons. The number of benzene rings is 1. The second-order valence-electron chi connectivity index (χ2n) is 3.08. The van der Waals surface area contributed by atoms with Crippen LogP contribution in [0.3, 0.4) is 0 Å². The molecule has 0 bridgehead atoms. The average Bonchev–Trinajstić information content (AvgIpc) is 2.29. The van der Waals surface area contributed by atoms with Crippen molar-refractivity contribution in [2.75, 3.05) is 5.73 Å². The summed E-state index contributed by atoms with van der Waals surface area (Å²) in [4.78, 5) is 7.44. The third kappa shape index (κ3) is 2.75. The van der Waals surface area contributed by atoms with E-state index >= 15 is 0 Å². The molecule has 0 spiro atoms. The van der Waals surface area contributed by atoms with Gasteiger partial charge in [-0.25, -0.2) is 9.37 Å². The third-order valence-corrected chi connectivity index (χ3v) is 2.35. The number of anilines is 1. The summed E-state index contributed by atoms with van der Waals surface area (Å²) in [5, 5.41) is -0.00493. The number of hydrogen-bond acceptors (Lipinski definition) is 4. The molecule has 7 heteroatoms. The first-order chi connectivity index (χ1) is 8.06. The lowest BCUT2D eigenvalue weighted by Gasteiger charge is -2.07. The first-order valence-corrected chi connectivity index (χ1v) is 5.23. The Bertz CT molecular complexity index is 565. The van der Waals surface area contributed by atoms with Crippen LogP contribution in [0.2, 0.25) is 10.3 Å². The maximum Gasteiger partial charge on any atom is 0.247 e. The lowest BCUT2D eigenvalue weighted by molar-refractivity contribution is 0.459. The zero-order valence-corrected chi connectivity index (χ0v) is 9.84. The summed E-state index contributed by atoms with van der Waals surface area (Å²) in [6, 6.07) is 3.98. The Hall–Kier alpha value is -1.59. The van der Waals surface area contributed by atoms with Gasteiger partial charge in [0.25, 0.3) is 0 Å². The van der Waals surface area contributed by atoms with Gasteiger partial charge in [0.2, 0.25) is 11.2 Å². The molecule has 0 aliphatic carbocycles. The summed E-state index contributed by atoms with van der Waals surface area (Å²) in [6.07, 6.45) is 1.30. The van der Waals surface area contributed by atoms with E-state index in [4.69, 9.17) is 33.7 Å². The average molecular weight is 274 g/mol. The summed E-state index contributed by atoms with van der Waals surface area (Å²) in [5.41, 5.74) is 5.78. The van der Waals surface area contributed by atoms with Crippen LogP contribution in [0, 0.1) is 5.82 Å². The quantitative estimate of drug-likeness (QED) is 0.853. The van der Waals surface area contributed by atoms with Gasteiger partial charge in [-0.2, -0.15) is 4.98 Å². The summed E-state index contributed by atoms with van der Waals surface area (Å²) in [7, 11) is 0. The number of ether oxygens (including phenoxy) is 1. The molecular formula is C10H6Cl2FN3O. The topological polar surface area (TPSA) is 61.0 Å². The van der Waals surface area contributed by atoms with Gasteiger partial charge in [-0.05, 0) is 23.7 Å². The molecule has 1 heterocycles. The zero-order chi connectivity index (χ0) is 12.4. The first kappa shape index (κ1) is 11.9. The molecule has 17 heavy (non-hydrogen) atoms. The molecule has 0 aliphatic heterocycles. The van der Waals surface area contributed by atoms with E-state index in [1.165, 1.54) is 18.3 Å². The van der Waals surface area contributed by atoms with Crippen LogP contribution in [-0.2, 0) is 0 Å². The summed E-state index contributed by atoms with van der Waals surface area (Å²) >= 11 is 11.1. The predicted molar refractivity (Wildman–Crippen MR) is 62.9 cm³/mol. The Balaban J connectivity index is 2.31. The fourth-order valence-electron chi connectivity index (χ4n) is 1.09. The Kier molecular flexibility index (Phi) is 3.31. The number of nitrogen functional groups attached to an aromatic ring is 1. The van der Waals surface area contributed by atoms with Crippen LogP contribution in [0.15, 0.2) is 24.4 Å². The normalized spacial score (nSPS) is 10.3. The highest BCUT2D eigenvalue weighted by Gasteiger charge is 2.08. The van der Waals surface area contributed by atoms with Crippen molar-refractivity contribution in [1.29, 1.82) is 0 Å². The highest BCUT2D eigenvalue weighted by Crippen LogP contribution is 2.27. The van der Waals surface area contributed by atoms with Crippen LogP contribution >= 0.6 is 23.2 Å². The van der Waals surface area contributed by atoms with Crippen molar-refractivity contribution >= 4 is 28.9 Å². The van der Waals surface area contributed by atoms with E-state index in [0.29, 0.717) is 0 Å². The van der Waals surface area contributed by atoms with E-state index in [9.17, 15) is 4.39 Å². The Morgan fingerprint density at radius 1 is 1.29 bits per heavy atom. The molecule has 2 aromatic rings. The maximum absolute atomic E-state index is 13.2. The number of halogens is 3. The summed E-state index contributed by atoms with van der Waals surface area (Å²) in [6.45, 7) is 0. The molecule has 0 aliphatic rings. The minimum atomic E-state index is -0.595. The number of nitrogens with zero attached hydrogens (tertiary/aromatic N) is 2. The molecule has 4 nitrogen and oxygen atoms in total. The molecule has 2 rings (SSSR count). The van der Waals surface area contributed by atoms with E-state index in [1.54, 1.807) is 0 Å². The molecule has 0 saturated carbocycles. The molecule has 0 unspecified atom stereocenters. The van der Waals surface area contributed by atoms with Gasteiger partial charge in [0.1, 0.15) is 17.3 Å². The summed E-state index contributed by atoms with van der Waals surface area (Å²) in [5.74, 6) is -0.317. The molecule has 0 saturated heterocycles. The number of nitrogens with two attached hydrogens (primary N) is 1. The van der Waals surface area contributed by atoms with Gasteiger partial charge in [0.05, 0.1) is 11.2 Å². The Morgan fingerprint density at radius 3 is 2.76 bits per heavy atom. The summed E-state index contributed by atoms with van der Waals surface area (Å²) < 4.78 is 18.4. The Labute approximate surface area is 106 Å². The Morgan fingerprint density at radius 2 is 2.06 bits per heavy atom. The van der Waals surface area contributed by atoms with Gasteiger partial charge >= 0.3 is 0 Å². The van der Waals surface area contributed by atoms with E-state index in [1.807, 2.05) is 0 Å². The highest BCUT2D eigenvalue weighted by molar-refractivity contribution is 6.30. The second-order valence-corrected chi connectivity index (χ2v) is 3.82. The smallest absolute Gasteiger partial charge is 0.247 e. The van der Waals surface area contributed by atoms with Crippen LogP contribution in [0.5, 0.6) is 11.6 Å². The van der Waals surface area contributed by atoms with Crippen molar-refractivity contribution in [3.8, 4) is 11.6 Å². The SMILES string of the molecule is Nc1cnc(Cl)nc1Oc1ccc(Cl)c(F)c1. The van der Waals surface area contributed by atoms with Gasteiger partial charge < -0.3 is 10.5 Å². The van der Waals surface area contributed by atoms with Gasteiger partial charge in [-0.15, -0.1) is 0 Å². The number of hydrogen-bond donors (Lipinski definition) is 1. The van der Waals surface area contributed by atoms with Crippen molar-refractivity contribution in [2.24, 2.45) is 0 Å². The van der Waals surface area contributed by atoms with Gasteiger partial charge in [0, 0.05) is 6.07 Å². The molecule has 0 atom stereocenters. The number of aromatic nitrogens is 2. The van der Waals surface area contributed by atoms with E-state index in [-0.39, 0.29) is 27.6 Å². The fraction of sp³-hybridized carbons (Fsp3) is 0. The van der Waals surface area contributed by atoms with Crippen molar-refractivity contribution < 1.29 is 9.13 Å². The van der Waals surface area contributed by atoms with Crippen molar-refractivity contribution in [3.05, 3.63) is 40.5 Å². The predicted octanol–water partition coefficient (Wildman–Crippen LogP) is 3.30. The van der Waals surface area contributed by atoms with Crippen LogP contribution in [0.4, 0.5) is 10.1 Å². The van der Waals surface area contributed by atoms with Crippen LogP contribution in [0.25, 0.3) is 0 Å². The molecule has 1 aromatic heterocycles. The van der Waals surface area contributed by atoms with Gasteiger partial charge in [0.15, 0.2) is 0 Å². The van der Waals surface area contributed by atoms with E-state index in [0.717, 1.165) is 6.07 Å². The molecule has 0 amide bonds. The van der Waals surface area contributed by atoms with Crippen molar-refractivity contribution in [2.45, 2.75) is 0 Å². The monoisotopic (exact) mass is 273 g/mol. The fourth-order valence-corrected chi connectivity index (χ4v) is 1.33. The second kappa shape index (κ2) is 4.73. The van der Waals surface area contributed by atoms with E-state index in [2.05, 4.69) is 9.97 Å². The standard InChI is InChI=1S/C10H6Cl2FN3O/c11-6-2-1-5(3-7(6)13)17-9-8(14)4-15-10(12)16-9/h1-4H,14H2. The number of rotatable bonds is 2. The van der Waals surface area contributed by atoms with Crippen LogP contribution in [-0.4, -0.2) is 9.97 Å². The van der Waals surface area contributed by atoms with Crippen LogP contribution < -0.4 is 10.5 Å². The van der Waals surface area contributed by atoms with Gasteiger partial charge in [-0.1, -0.05) is 11.6 Å². The minimum Gasteiger partial charge on any atom is -0.437 e. The lowest BCUT2D eigenvalue weighted by atomic mass is 10.3. The zero-order valence-electron chi connectivity index (χ0n) is 8.32. The van der Waals surface area contributed by atoms with Crippen molar-refractivity contribution in [1.82, 2.24) is 9.97 Å². The third-order valence-electron chi connectivity index (χ3n) is 1.86. The van der Waals surface area contributed by atoms with Gasteiger partial charge in [-0.3, -0.25) is 0 Å². The van der Waals surface area contributed by atoms with Crippen molar-refractivity contribution in [3.63, 3.8) is 0 Å². The molecule has 0 fully saturated rings. The maximum atomic E-state index is 13.2. The van der Waals surface area contributed by atoms with E-state index < -0.39 is 5.82 Å². The largest absolute Gasteiger partial charge is 0.437 e. The van der Waals surface area contributed by atoms with Crippen LogP contribution in [0.1, 0.15) is 0 Å².